The van der Waals surface area contributed by atoms with Gasteiger partial charge in [-0.1, -0.05) is 17.7 Å². The van der Waals surface area contributed by atoms with Crippen LogP contribution in [-0.4, -0.2) is 42.8 Å². The van der Waals surface area contributed by atoms with E-state index in [-0.39, 0.29) is 6.04 Å². The van der Waals surface area contributed by atoms with Crippen molar-refractivity contribution in [2.75, 3.05) is 12.3 Å². The van der Waals surface area contributed by atoms with Crippen molar-refractivity contribution in [2.24, 2.45) is 5.73 Å². The summed E-state index contributed by atoms with van der Waals surface area (Å²) in [6.45, 7) is 13.2. The molecule has 0 saturated heterocycles. The topological polar surface area (TPSA) is 104 Å². The van der Waals surface area contributed by atoms with Gasteiger partial charge in [0, 0.05) is 24.0 Å². The number of aliphatic hydroxyl groups excluding tert-OH is 1. The van der Waals surface area contributed by atoms with Gasteiger partial charge in [0.25, 0.3) is 0 Å². The Morgan fingerprint density at radius 1 is 1.27 bits per heavy atom. The van der Waals surface area contributed by atoms with Crippen molar-refractivity contribution in [1.82, 2.24) is 10.0 Å². The first-order valence-electron chi connectivity index (χ1n) is 8.95. The maximum absolute atomic E-state index is 11.9. The lowest BCUT2D eigenvalue weighted by Crippen LogP contribution is -2.40. The Morgan fingerprint density at radius 2 is 1.85 bits per heavy atom. The summed E-state index contributed by atoms with van der Waals surface area (Å²) >= 11 is 4.18. The standard InChI is InChI=1S/C18H37N3O3S2/c1-13(2)16(11-14(3)15(19)12-25)21-17(22)9-7-8-10-20-26(23,24)18(4,5)6/h16-17,20-22,25H,1,7-12,19H2,2-6H3/b15-14+. The highest BCUT2D eigenvalue weighted by Crippen LogP contribution is 2.15. The van der Waals surface area contributed by atoms with Crippen LogP contribution in [0, 0.1) is 0 Å². The molecule has 8 heteroatoms. The number of thiol groups is 1. The molecule has 0 aliphatic heterocycles. The van der Waals surface area contributed by atoms with Crippen molar-refractivity contribution >= 4 is 22.7 Å². The van der Waals surface area contributed by atoms with Gasteiger partial charge in [-0.2, -0.15) is 12.6 Å². The molecule has 0 fully saturated rings. The lowest BCUT2D eigenvalue weighted by Gasteiger charge is -2.24. The summed E-state index contributed by atoms with van der Waals surface area (Å²) in [5.74, 6) is 0.502. The molecule has 0 aromatic carbocycles. The molecular formula is C18H37N3O3S2. The zero-order valence-electron chi connectivity index (χ0n) is 16.8. The number of aliphatic hydroxyl groups is 1. The minimum Gasteiger partial charge on any atom is -0.401 e. The molecule has 0 aromatic heterocycles. The predicted molar refractivity (Wildman–Crippen MR) is 114 cm³/mol. The number of unbranched alkanes of at least 4 members (excludes halogenated alkanes) is 1. The quantitative estimate of drug-likeness (QED) is 0.148. The van der Waals surface area contributed by atoms with Gasteiger partial charge in [0.05, 0.1) is 4.75 Å². The Balaban J connectivity index is 4.35. The van der Waals surface area contributed by atoms with Crippen molar-refractivity contribution in [3.05, 3.63) is 23.4 Å². The van der Waals surface area contributed by atoms with Crippen LogP contribution < -0.4 is 15.8 Å². The monoisotopic (exact) mass is 407 g/mol. The second-order valence-electron chi connectivity index (χ2n) is 7.76. The van der Waals surface area contributed by atoms with Crippen LogP contribution in [0.15, 0.2) is 23.4 Å². The van der Waals surface area contributed by atoms with Crippen molar-refractivity contribution in [2.45, 2.75) is 77.3 Å². The molecule has 0 saturated carbocycles. The van der Waals surface area contributed by atoms with Gasteiger partial charge in [0.1, 0.15) is 6.23 Å². The summed E-state index contributed by atoms with van der Waals surface area (Å²) < 4.78 is 25.7. The van der Waals surface area contributed by atoms with Gasteiger partial charge in [-0.05, 0) is 60.3 Å². The molecule has 26 heavy (non-hydrogen) atoms. The Labute approximate surface area is 165 Å². The maximum Gasteiger partial charge on any atom is 0.216 e. The number of sulfonamides is 1. The normalized spacial score (nSPS) is 16.1. The van der Waals surface area contributed by atoms with Gasteiger partial charge in [0.15, 0.2) is 0 Å². The molecule has 0 aliphatic rings. The van der Waals surface area contributed by atoms with Crippen molar-refractivity contribution < 1.29 is 13.5 Å². The van der Waals surface area contributed by atoms with E-state index >= 15 is 0 Å². The third-order valence-electron chi connectivity index (χ3n) is 4.22. The van der Waals surface area contributed by atoms with Crippen LogP contribution in [0.1, 0.15) is 60.3 Å². The molecule has 0 bridgehead atoms. The number of nitrogens with one attached hydrogen (secondary N) is 2. The molecule has 0 amide bonds. The molecule has 0 aliphatic carbocycles. The zero-order chi connectivity index (χ0) is 20.5. The smallest absolute Gasteiger partial charge is 0.216 e. The third-order valence-corrected chi connectivity index (χ3v) is 6.76. The van der Waals surface area contributed by atoms with E-state index in [1.54, 1.807) is 20.8 Å². The molecule has 6 nitrogen and oxygen atoms in total. The van der Waals surface area contributed by atoms with Crippen LogP contribution in [-0.2, 0) is 10.0 Å². The first-order chi connectivity index (χ1) is 11.8. The van der Waals surface area contributed by atoms with Crippen LogP contribution in [0.2, 0.25) is 0 Å². The molecule has 0 rings (SSSR count). The first-order valence-corrected chi connectivity index (χ1v) is 11.1. The van der Waals surface area contributed by atoms with E-state index in [2.05, 4.69) is 29.2 Å². The minimum atomic E-state index is -3.32. The van der Waals surface area contributed by atoms with Gasteiger partial charge in [-0.3, -0.25) is 5.32 Å². The minimum absolute atomic E-state index is 0.0668. The van der Waals surface area contributed by atoms with E-state index in [0.29, 0.717) is 38.0 Å². The summed E-state index contributed by atoms with van der Waals surface area (Å²) in [5.41, 5.74) is 8.60. The summed E-state index contributed by atoms with van der Waals surface area (Å²) in [6.07, 6.45) is 1.89. The molecule has 0 heterocycles. The van der Waals surface area contributed by atoms with Crippen LogP contribution in [0.4, 0.5) is 0 Å². The van der Waals surface area contributed by atoms with E-state index < -0.39 is 21.0 Å². The summed E-state index contributed by atoms with van der Waals surface area (Å²) in [6, 6.07) is -0.0668. The van der Waals surface area contributed by atoms with Gasteiger partial charge in [0.2, 0.25) is 10.0 Å². The lowest BCUT2D eigenvalue weighted by atomic mass is 10.00. The third kappa shape index (κ3) is 9.41. The first kappa shape index (κ1) is 25.5. The van der Waals surface area contributed by atoms with Crippen LogP contribution >= 0.6 is 12.6 Å². The SMILES string of the molecule is C=C(C)C(C/C(C)=C(/N)CS)NC(O)CCCCNS(=O)(=O)C(C)(C)C. The second kappa shape index (κ2) is 11.3. The van der Waals surface area contributed by atoms with Gasteiger partial charge < -0.3 is 10.8 Å². The fraction of sp³-hybridized carbons (Fsp3) is 0.778. The van der Waals surface area contributed by atoms with Crippen LogP contribution in [0.25, 0.3) is 0 Å². The van der Waals surface area contributed by atoms with E-state index in [1.165, 1.54) is 0 Å². The number of rotatable bonds is 12. The van der Waals surface area contributed by atoms with Crippen LogP contribution in [0.3, 0.4) is 0 Å². The number of nitrogens with two attached hydrogens (primary N) is 1. The molecule has 0 spiro atoms. The van der Waals surface area contributed by atoms with E-state index in [9.17, 15) is 13.5 Å². The fourth-order valence-corrected chi connectivity index (χ4v) is 3.26. The van der Waals surface area contributed by atoms with Gasteiger partial charge >= 0.3 is 0 Å². The molecular weight excluding hydrogens is 370 g/mol. The van der Waals surface area contributed by atoms with Crippen molar-refractivity contribution in [3.63, 3.8) is 0 Å². The van der Waals surface area contributed by atoms with Crippen molar-refractivity contribution in [3.8, 4) is 0 Å². The average molecular weight is 408 g/mol. The Morgan fingerprint density at radius 3 is 2.31 bits per heavy atom. The Bertz CT molecular complexity index is 581. The number of hydrogen-bond donors (Lipinski definition) is 5. The highest BCUT2D eigenvalue weighted by atomic mass is 32.2. The van der Waals surface area contributed by atoms with Gasteiger partial charge in [-0.25, -0.2) is 13.1 Å². The summed E-state index contributed by atoms with van der Waals surface area (Å²) in [5, 5.41) is 13.4. The fourth-order valence-electron chi connectivity index (χ4n) is 2.15. The molecule has 0 radical (unpaired) electrons. The van der Waals surface area contributed by atoms with Gasteiger partial charge in [-0.15, -0.1) is 0 Å². The molecule has 5 N–H and O–H groups in total. The summed E-state index contributed by atoms with van der Waals surface area (Å²) in [7, 11) is -3.32. The highest BCUT2D eigenvalue weighted by molar-refractivity contribution is 7.90. The lowest BCUT2D eigenvalue weighted by molar-refractivity contribution is 0.115. The largest absolute Gasteiger partial charge is 0.401 e. The number of hydrogen-bond acceptors (Lipinski definition) is 6. The second-order valence-corrected chi connectivity index (χ2v) is 10.6. The Hall–Kier alpha value is -0.540. The molecule has 154 valence electrons. The van der Waals surface area contributed by atoms with Crippen LogP contribution in [0.5, 0.6) is 0 Å². The van der Waals surface area contributed by atoms with E-state index in [1.807, 2.05) is 13.8 Å². The zero-order valence-corrected chi connectivity index (χ0v) is 18.5. The Kier molecular flexibility index (Phi) is 11.1. The molecule has 2 atom stereocenters. The molecule has 0 aromatic rings. The maximum atomic E-state index is 11.9. The molecule has 2 unspecified atom stereocenters. The average Bonchev–Trinajstić information content (AvgIpc) is 2.51. The highest BCUT2D eigenvalue weighted by Gasteiger charge is 2.28. The van der Waals surface area contributed by atoms with Crippen molar-refractivity contribution in [1.29, 1.82) is 0 Å². The predicted octanol–water partition coefficient (Wildman–Crippen LogP) is 2.28. The van der Waals surface area contributed by atoms with E-state index in [4.69, 9.17) is 5.73 Å². The van der Waals surface area contributed by atoms with E-state index in [0.717, 1.165) is 16.8 Å². The summed E-state index contributed by atoms with van der Waals surface area (Å²) in [4.78, 5) is 0.